The van der Waals surface area contributed by atoms with Gasteiger partial charge < -0.3 is 4.90 Å². The van der Waals surface area contributed by atoms with Crippen molar-refractivity contribution in [1.82, 2.24) is 19.0 Å². The number of piperidine rings is 1. The molecular weight excluding hydrogens is 408 g/mol. The fourth-order valence-corrected chi connectivity index (χ4v) is 5.83. The third kappa shape index (κ3) is 4.68. The zero-order valence-electron chi connectivity index (χ0n) is 16.2. The summed E-state index contributed by atoms with van der Waals surface area (Å²) >= 11 is 1.46. The van der Waals surface area contributed by atoms with Crippen LogP contribution in [-0.4, -0.2) is 48.2 Å². The number of hydrogen-bond donors (Lipinski definition) is 1. The Balaban J connectivity index is 1.37. The number of fused-ring (bicyclic) bond motifs is 1. The van der Waals surface area contributed by atoms with Gasteiger partial charge in [0.05, 0.1) is 11.4 Å². The van der Waals surface area contributed by atoms with E-state index < -0.39 is 10.0 Å². The van der Waals surface area contributed by atoms with E-state index in [1.54, 1.807) is 12.1 Å². The van der Waals surface area contributed by atoms with Gasteiger partial charge in [0.2, 0.25) is 10.0 Å². The summed E-state index contributed by atoms with van der Waals surface area (Å²) in [4.78, 5) is 20.1. The van der Waals surface area contributed by atoms with Crippen LogP contribution in [0.5, 0.6) is 0 Å². The van der Waals surface area contributed by atoms with E-state index in [1.807, 2.05) is 46.0 Å². The third-order valence-electron chi connectivity index (χ3n) is 5.15. The summed E-state index contributed by atoms with van der Waals surface area (Å²) in [6.45, 7) is 3.50. The lowest BCUT2D eigenvalue weighted by Crippen LogP contribution is -2.44. The van der Waals surface area contributed by atoms with Crippen LogP contribution in [0.4, 0.5) is 0 Å². The standard InChI is InChI=1S/C20H24N4O3S2/c1-15-11-24-18(13-28-20(24)22-15)19(25)23-9-5-8-17(12-23)10-21-29(26,27)14-16-6-3-2-4-7-16/h2-4,6-7,11,13,17,21H,5,8-10,12,14H2,1H3. The maximum atomic E-state index is 13.0. The molecule has 1 fully saturated rings. The Hall–Kier alpha value is -2.23. The molecular formula is C20H24N4O3S2. The molecule has 3 aromatic rings. The number of rotatable bonds is 6. The highest BCUT2D eigenvalue weighted by Gasteiger charge is 2.27. The van der Waals surface area contributed by atoms with Gasteiger partial charge in [-0.25, -0.2) is 18.1 Å². The molecule has 0 saturated carbocycles. The normalized spacial score (nSPS) is 17.7. The summed E-state index contributed by atoms with van der Waals surface area (Å²) in [7, 11) is -3.41. The molecule has 0 radical (unpaired) electrons. The molecule has 154 valence electrons. The average Bonchev–Trinajstić information content (AvgIpc) is 3.25. The summed E-state index contributed by atoms with van der Waals surface area (Å²) in [5.74, 6) is 0.0539. The fraction of sp³-hybridized carbons (Fsp3) is 0.400. The van der Waals surface area contributed by atoms with Crippen LogP contribution in [0.1, 0.15) is 34.6 Å². The number of aryl methyl sites for hydroxylation is 1. The lowest BCUT2D eigenvalue weighted by molar-refractivity contribution is 0.0669. The van der Waals surface area contributed by atoms with Gasteiger partial charge in [0.25, 0.3) is 5.91 Å². The topological polar surface area (TPSA) is 83.8 Å². The molecule has 1 aliphatic rings. The van der Waals surface area contributed by atoms with Crippen LogP contribution in [0.3, 0.4) is 0 Å². The Morgan fingerprint density at radius 2 is 2.10 bits per heavy atom. The first-order valence-electron chi connectivity index (χ1n) is 9.65. The summed E-state index contributed by atoms with van der Waals surface area (Å²) in [6, 6.07) is 9.14. The van der Waals surface area contributed by atoms with Crippen LogP contribution < -0.4 is 4.72 Å². The lowest BCUT2D eigenvalue weighted by Gasteiger charge is -2.32. The van der Waals surface area contributed by atoms with Crippen LogP contribution in [0.25, 0.3) is 4.96 Å². The first-order valence-corrected chi connectivity index (χ1v) is 12.2. The molecule has 1 amide bonds. The first-order chi connectivity index (χ1) is 13.9. The molecule has 1 unspecified atom stereocenters. The molecule has 29 heavy (non-hydrogen) atoms. The minimum absolute atomic E-state index is 0.0227. The van der Waals surface area contributed by atoms with Gasteiger partial charge in [-0.1, -0.05) is 30.3 Å². The van der Waals surface area contributed by atoms with Crippen LogP contribution in [0.2, 0.25) is 0 Å². The summed E-state index contributed by atoms with van der Waals surface area (Å²) < 4.78 is 29.4. The van der Waals surface area contributed by atoms with Crippen molar-refractivity contribution < 1.29 is 13.2 Å². The van der Waals surface area contributed by atoms with Gasteiger partial charge in [-0.3, -0.25) is 9.20 Å². The van der Waals surface area contributed by atoms with Crippen molar-refractivity contribution in [2.45, 2.75) is 25.5 Å². The zero-order chi connectivity index (χ0) is 20.4. The molecule has 3 heterocycles. The Morgan fingerprint density at radius 1 is 1.31 bits per heavy atom. The minimum atomic E-state index is -3.41. The second-order valence-corrected chi connectivity index (χ2v) is 10.2. The van der Waals surface area contributed by atoms with Crippen LogP contribution in [0, 0.1) is 12.8 Å². The quantitative estimate of drug-likeness (QED) is 0.649. The monoisotopic (exact) mass is 432 g/mol. The zero-order valence-corrected chi connectivity index (χ0v) is 17.9. The van der Waals surface area contributed by atoms with E-state index in [4.69, 9.17) is 0 Å². The van der Waals surface area contributed by atoms with Gasteiger partial charge in [0.1, 0.15) is 5.69 Å². The molecule has 0 aliphatic carbocycles. The molecule has 1 atom stereocenters. The highest BCUT2D eigenvalue weighted by Crippen LogP contribution is 2.22. The van der Waals surface area contributed by atoms with E-state index in [1.165, 1.54) is 11.3 Å². The highest BCUT2D eigenvalue weighted by molar-refractivity contribution is 7.88. The molecule has 7 nitrogen and oxygen atoms in total. The number of thiazole rings is 1. The molecule has 4 rings (SSSR count). The van der Waals surface area contributed by atoms with E-state index in [0.29, 0.717) is 25.3 Å². The highest BCUT2D eigenvalue weighted by atomic mass is 32.2. The number of aromatic nitrogens is 2. The number of hydrogen-bond acceptors (Lipinski definition) is 5. The number of carbonyl (C=O) groups is 1. The number of nitrogens with zero attached hydrogens (tertiary/aromatic N) is 3. The largest absolute Gasteiger partial charge is 0.337 e. The predicted octanol–water partition coefficient (Wildman–Crippen LogP) is 2.68. The number of likely N-dealkylation sites (tertiary alicyclic amines) is 1. The van der Waals surface area contributed by atoms with Gasteiger partial charge >= 0.3 is 0 Å². The minimum Gasteiger partial charge on any atom is -0.337 e. The lowest BCUT2D eigenvalue weighted by atomic mass is 9.98. The number of amides is 1. The van der Waals surface area contributed by atoms with Gasteiger partial charge in [-0.2, -0.15) is 0 Å². The van der Waals surface area contributed by atoms with E-state index in [2.05, 4.69) is 9.71 Å². The predicted molar refractivity (Wildman–Crippen MR) is 114 cm³/mol. The van der Waals surface area contributed by atoms with E-state index in [9.17, 15) is 13.2 Å². The van der Waals surface area contributed by atoms with Gasteiger partial charge in [0.15, 0.2) is 4.96 Å². The molecule has 1 N–H and O–H groups in total. The maximum absolute atomic E-state index is 13.0. The smallest absolute Gasteiger partial charge is 0.271 e. The Morgan fingerprint density at radius 3 is 2.90 bits per heavy atom. The molecule has 0 spiro atoms. The second-order valence-electron chi connectivity index (χ2n) is 7.51. The number of imidazole rings is 1. The molecule has 2 aromatic heterocycles. The van der Waals surface area contributed by atoms with Crippen molar-refractivity contribution in [3.05, 3.63) is 58.9 Å². The molecule has 1 aliphatic heterocycles. The van der Waals surface area contributed by atoms with Gasteiger partial charge in [-0.15, -0.1) is 11.3 Å². The Labute approximate surface area is 174 Å². The van der Waals surface area contributed by atoms with Crippen molar-refractivity contribution in [3.8, 4) is 0 Å². The van der Waals surface area contributed by atoms with Crippen molar-refractivity contribution in [2.24, 2.45) is 5.92 Å². The average molecular weight is 433 g/mol. The van der Waals surface area contributed by atoms with E-state index in [0.717, 1.165) is 29.1 Å². The number of benzene rings is 1. The third-order valence-corrected chi connectivity index (χ3v) is 7.31. The van der Waals surface area contributed by atoms with E-state index >= 15 is 0 Å². The SMILES string of the molecule is Cc1cn2c(C(=O)N3CCCC(CNS(=O)(=O)Cc4ccccc4)C3)csc2n1. The number of carbonyl (C=O) groups excluding carboxylic acids is 1. The van der Waals surface area contributed by atoms with Crippen molar-refractivity contribution >= 4 is 32.2 Å². The van der Waals surface area contributed by atoms with E-state index in [-0.39, 0.29) is 17.6 Å². The van der Waals surface area contributed by atoms with Crippen LogP contribution in [0.15, 0.2) is 41.9 Å². The van der Waals surface area contributed by atoms with Gasteiger partial charge in [-0.05, 0) is 31.2 Å². The van der Waals surface area contributed by atoms with Crippen molar-refractivity contribution in [1.29, 1.82) is 0 Å². The Kier molecular flexibility index (Phi) is 5.71. The van der Waals surface area contributed by atoms with Gasteiger partial charge in [0, 0.05) is 31.2 Å². The molecule has 1 saturated heterocycles. The summed E-state index contributed by atoms with van der Waals surface area (Å²) in [5.41, 5.74) is 2.27. The Bertz CT molecular complexity index is 1110. The molecule has 1 aromatic carbocycles. The maximum Gasteiger partial charge on any atom is 0.271 e. The van der Waals surface area contributed by atoms with Crippen LogP contribution in [-0.2, 0) is 15.8 Å². The number of nitrogens with one attached hydrogen (secondary N) is 1. The molecule has 0 bridgehead atoms. The van der Waals surface area contributed by atoms with Crippen molar-refractivity contribution in [2.75, 3.05) is 19.6 Å². The molecule has 9 heteroatoms. The second kappa shape index (κ2) is 8.25. The van der Waals surface area contributed by atoms with Crippen molar-refractivity contribution in [3.63, 3.8) is 0 Å². The summed E-state index contributed by atoms with van der Waals surface area (Å²) in [6.07, 6.45) is 3.64. The first kappa shape index (κ1) is 20.1. The summed E-state index contributed by atoms with van der Waals surface area (Å²) in [5, 5.41) is 1.84. The fourth-order valence-electron chi connectivity index (χ4n) is 3.72. The van der Waals surface area contributed by atoms with Crippen LogP contribution >= 0.6 is 11.3 Å². The number of sulfonamides is 1.